The van der Waals surface area contributed by atoms with Gasteiger partial charge in [-0.05, 0) is 54.4 Å². The van der Waals surface area contributed by atoms with Gasteiger partial charge in [-0.15, -0.1) is 0 Å². The highest BCUT2D eigenvalue weighted by Crippen LogP contribution is 2.25. The summed E-state index contributed by atoms with van der Waals surface area (Å²) in [7, 11) is 0. The van der Waals surface area contributed by atoms with Gasteiger partial charge in [0.25, 0.3) is 0 Å². The Hall–Kier alpha value is -1.63. The van der Waals surface area contributed by atoms with Crippen LogP contribution in [0.5, 0.6) is 0 Å². The van der Waals surface area contributed by atoms with Crippen LogP contribution >= 0.6 is 0 Å². The average molecular weight is 295 g/mol. The molecule has 0 aliphatic heterocycles. The molecule has 2 aromatic rings. The molecular formula is C21H29N. The Bertz CT molecular complexity index is 533. The SMILES string of the molecule is CCCCCCc1cnccc1C(C)CCc1ccccc1. The van der Waals surface area contributed by atoms with E-state index in [0.717, 1.165) is 6.42 Å². The van der Waals surface area contributed by atoms with Gasteiger partial charge < -0.3 is 0 Å². The molecule has 0 saturated heterocycles. The van der Waals surface area contributed by atoms with Crippen molar-refractivity contribution < 1.29 is 0 Å². The zero-order valence-corrected chi connectivity index (χ0v) is 14.1. The van der Waals surface area contributed by atoms with Crippen LogP contribution in [0.1, 0.15) is 68.6 Å². The Morgan fingerprint density at radius 1 is 0.955 bits per heavy atom. The molecule has 2 rings (SSSR count). The van der Waals surface area contributed by atoms with E-state index in [1.807, 2.05) is 6.20 Å². The number of hydrogen-bond donors (Lipinski definition) is 0. The minimum atomic E-state index is 0.601. The van der Waals surface area contributed by atoms with Crippen molar-refractivity contribution in [2.24, 2.45) is 0 Å². The maximum Gasteiger partial charge on any atom is 0.0302 e. The molecule has 0 radical (unpaired) electrons. The van der Waals surface area contributed by atoms with Crippen molar-refractivity contribution in [1.82, 2.24) is 4.98 Å². The van der Waals surface area contributed by atoms with Gasteiger partial charge in [-0.25, -0.2) is 0 Å². The van der Waals surface area contributed by atoms with Crippen LogP contribution in [-0.2, 0) is 12.8 Å². The molecule has 1 heteroatoms. The van der Waals surface area contributed by atoms with Crippen LogP contribution < -0.4 is 0 Å². The lowest BCUT2D eigenvalue weighted by Crippen LogP contribution is -2.02. The van der Waals surface area contributed by atoms with E-state index in [4.69, 9.17) is 0 Å². The Morgan fingerprint density at radius 2 is 1.77 bits per heavy atom. The molecule has 1 aromatic heterocycles. The summed E-state index contributed by atoms with van der Waals surface area (Å²) in [6.45, 7) is 4.62. The van der Waals surface area contributed by atoms with Gasteiger partial charge in [0.1, 0.15) is 0 Å². The highest BCUT2D eigenvalue weighted by Gasteiger charge is 2.10. The first-order valence-corrected chi connectivity index (χ1v) is 8.78. The molecule has 0 saturated carbocycles. The molecule has 1 atom stereocenters. The standard InChI is InChI=1S/C21H29N/c1-3-4-5-9-12-20-17-22-16-15-21(20)18(2)13-14-19-10-7-6-8-11-19/h6-8,10-11,15-18H,3-5,9,12-14H2,1-2H3. The van der Waals surface area contributed by atoms with Gasteiger partial charge in [-0.1, -0.05) is 63.4 Å². The minimum Gasteiger partial charge on any atom is -0.264 e. The van der Waals surface area contributed by atoms with E-state index in [0.29, 0.717) is 5.92 Å². The lowest BCUT2D eigenvalue weighted by Gasteiger charge is -2.16. The van der Waals surface area contributed by atoms with Crippen molar-refractivity contribution in [3.63, 3.8) is 0 Å². The number of rotatable bonds is 9. The number of unbranched alkanes of at least 4 members (excludes halogenated alkanes) is 3. The Balaban J connectivity index is 1.92. The van der Waals surface area contributed by atoms with Crippen molar-refractivity contribution in [2.75, 3.05) is 0 Å². The molecule has 0 bridgehead atoms. The van der Waals surface area contributed by atoms with Crippen molar-refractivity contribution in [3.8, 4) is 0 Å². The maximum atomic E-state index is 4.34. The van der Waals surface area contributed by atoms with Gasteiger partial charge in [0.2, 0.25) is 0 Å². The Labute approximate surface area is 135 Å². The van der Waals surface area contributed by atoms with Crippen LogP contribution in [0.2, 0.25) is 0 Å². The van der Waals surface area contributed by atoms with E-state index in [2.05, 4.69) is 61.4 Å². The van der Waals surface area contributed by atoms with Gasteiger partial charge in [-0.3, -0.25) is 4.98 Å². The summed E-state index contributed by atoms with van der Waals surface area (Å²) in [5, 5.41) is 0. The lowest BCUT2D eigenvalue weighted by atomic mass is 9.90. The van der Waals surface area contributed by atoms with Gasteiger partial charge in [0, 0.05) is 12.4 Å². The van der Waals surface area contributed by atoms with Crippen molar-refractivity contribution in [3.05, 3.63) is 65.5 Å². The fraction of sp³-hybridized carbons (Fsp3) is 0.476. The predicted molar refractivity (Wildman–Crippen MR) is 95.3 cm³/mol. The molecular weight excluding hydrogens is 266 g/mol. The van der Waals surface area contributed by atoms with E-state index in [-0.39, 0.29) is 0 Å². The normalized spacial score (nSPS) is 12.3. The first kappa shape index (κ1) is 16.7. The van der Waals surface area contributed by atoms with E-state index in [1.54, 1.807) is 0 Å². The van der Waals surface area contributed by atoms with Gasteiger partial charge in [0.05, 0.1) is 0 Å². The second-order valence-corrected chi connectivity index (χ2v) is 6.31. The number of hydrogen-bond acceptors (Lipinski definition) is 1. The third-order valence-corrected chi connectivity index (χ3v) is 4.48. The molecule has 1 nitrogen and oxygen atoms in total. The monoisotopic (exact) mass is 295 g/mol. The summed E-state index contributed by atoms with van der Waals surface area (Å²) in [6.07, 6.45) is 12.8. The molecule has 0 aliphatic rings. The smallest absolute Gasteiger partial charge is 0.0302 e. The number of nitrogens with zero attached hydrogens (tertiary/aromatic N) is 1. The highest BCUT2D eigenvalue weighted by atomic mass is 14.6. The largest absolute Gasteiger partial charge is 0.264 e. The third-order valence-electron chi connectivity index (χ3n) is 4.48. The summed E-state index contributed by atoms with van der Waals surface area (Å²) in [5.74, 6) is 0.601. The number of aryl methyl sites for hydroxylation is 2. The van der Waals surface area contributed by atoms with E-state index < -0.39 is 0 Å². The van der Waals surface area contributed by atoms with Crippen LogP contribution in [0.3, 0.4) is 0 Å². The molecule has 1 unspecified atom stereocenters. The molecule has 0 spiro atoms. The molecule has 1 heterocycles. The molecule has 0 amide bonds. The van der Waals surface area contributed by atoms with Gasteiger partial charge in [0.15, 0.2) is 0 Å². The Morgan fingerprint density at radius 3 is 2.55 bits per heavy atom. The summed E-state index contributed by atoms with van der Waals surface area (Å²) >= 11 is 0. The average Bonchev–Trinajstić information content (AvgIpc) is 2.58. The first-order valence-electron chi connectivity index (χ1n) is 8.78. The van der Waals surface area contributed by atoms with Crippen LogP contribution in [0, 0.1) is 0 Å². The van der Waals surface area contributed by atoms with Crippen LogP contribution in [0.25, 0.3) is 0 Å². The maximum absolute atomic E-state index is 4.34. The summed E-state index contributed by atoms with van der Waals surface area (Å²) in [6, 6.07) is 13.0. The predicted octanol–water partition coefficient (Wildman–Crippen LogP) is 5.94. The summed E-state index contributed by atoms with van der Waals surface area (Å²) < 4.78 is 0. The van der Waals surface area contributed by atoms with Crippen LogP contribution in [-0.4, -0.2) is 4.98 Å². The molecule has 0 fully saturated rings. The fourth-order valence-electron chi connectivity index (χ4n) is 3.05. The number of aromatic nitrogens is 1. The lowest BCUT2D eigenvalue weighted by molar-refractivity contribution is 0.642. The van der Waals surface area contributed by atoms with Crippen LogP contribution in [0.15, 0.2) is 48.8 Å². The molecule has 0 aliphatic carbocycles. The minimum absolute atomic E-state index is 0.601. The van der Waals surface area contributed by atoms with E-state index >= 15 is 0 Å². The van der Waals surface area contributed by atoms with Gasteiger partial charge in [-0.2, -0.15) is 0 Å². The van der Waals surface area contributed by atoms with E-state index in [1.165, 1.54) is 55.2 Å². The summed E-state index contributed by atoms with van der Waals surface area (Å²) in [4.78, 5) is 4.34. The van der Waals surface area contributed by atoms with Crippen molar-refractivity contribution in [1.29, 1.82) is 0 Å². The topological polar surface area (TPSA) is 12.9 Å². The molecule has 0 N–H and O–H groups in total. The fourth-order valence-corrected chi connectivity index (χ4v) is 3.05. The molecule has 1 aromatic carbocycles. The quantitative estimate of drug-likeness (QED) is 0.522. The number of benzene rings is 1. The molecule has 22 heavy (non-hydrogen) atoms. The summed E-state index contributed by atoms with van der Waals surface area (Å²) in [5.41, 5.74) is 4.40. The first-order chi connectivity index (χ1) is 10.8. The third kappa shape index (κ3) is 5.29. The zero-order valence-electron chi connectivity index (χ0n) is 14.1. The Kier molecular flexibility index (Phi) is 7.15. The van der Waals surface area contributed by atoms with Crippen molar-refractivity contribution >= 4 is 0 Å². The highest BCUT2D eigenvalue weighted by molar-refractivity contribution is 5.27. The zero-order chi connectivity index (χ0) is 15.6. The second-order valence-electron chi connectivity index (χ2n) is 6.31. The number of pyridine rings is 1. The van der Waals surface area contributed by atoms with Crippen molar-refractivity contribution in [2.45, 2.75) is 64.7 Å². The molecule has 118 valence electrons. The second kappa shape index (κ2) is 9.40. The van der Waals surface area contributed by atoms with E-state index in [9.17, 15) is 0 Å². The van der Waals surface area contributed by atoms with Gasteiger partial charge >= 0.3 is 0 Å². The van der Waals surface area contributed by atoms with Crippen LogP contribution in [0.4, 0.5) is 0 Å².